The summed E-state index contributed by atoms with van der Waals surface area (Å²) < 4.78 is 16.3. The van der Waals surface area contributed by atoms with Gasteiger partial charge in [0, 0.05) is 19.7 Å². The van der Waals surface area contributed by atoms with Gasteiger partial charge >= 0.3 is 0 Å². The second kappa shape index (κ2) is 5.57. The van der Waals surface area contributed by atoms with Gasteiger partial charge in [0.2, 0.25) is 0 Å². The first kappa shape index (κ1) is 13.0. The molecule has 0 amide bonds. The highest BCUT2D eigenvalue weighted by Crippen LogP contribution is 2.38. The molecule has 0 unspecified atom stereocenters. The summed E-state index contributed by atoms with van der Waals surface area (Å²) in [6.07, 6.45) is 2.57. The van der Waals surface area contributed by atoms with Crippen LogP contribution in [0.5, 0.6) is 11.5 Å². The molecule has 0 bridgehead atoms. The number of fused-ring (bicyclic) bond motifs is 1. The number of benzene rings is 1. The van der Waals surface area contributed by atoms with Gasteiger partial charge in [-0.05, 0) is 30.5 Å². The van der Waals surface area contributed by atoms with Crippen LogP contribution in [-0.4, -0.2) is 32.5 Å². The van der Waals surface area contributed by atoms with Crippen LogP contribution < -0.4 is 14.8 Å². The molecule has 3 rings (SSSR count). The lowest BCUT2D eigenvalue weighted by atomic mass is 9.89. The monoisotopic (exact) mass is 283 g/mol. The van der Waals surface area contributed by atoms with Crippen LogP contribution in [0.15, 0.2) is 12.1 Å². The largest absolute Gasteiger partial charge is 0.486 e. The number of hydrogen-bond acceptors (Lipinski definition) is 4. The van der Waals surface area contributed by atoms with E-state index in [-0.39, 0.29) is 0 Å². The van der Waals surface area contributed by atoms with E-state index in [9.17, 15) is 0 Å². The zero-order valence-corrected chi connectivity index (χ0v) is 11.7. The third-order valence-electron chi connectivity index (χ3n) is 3.68. The van der Waals surface area contributed by atoms with Gasteiger partial charge in [0.05, 0.1) is 11.1 Å². The van der Waals surface area contributed by atoms with Crippen LogP contribution in [-0.2, 0) is 11.3 Å². The van der Waals surface area contributed by atoms with E-state index in [0.29, 0.717) is 36.1 Å². The molecule has 1 saturated carbocycles. The van der Waals surface area contributed by atoms with Gasteiger partial charge in [-0.2, -0.15) is 0 Å². The van der Waals surface area contributed by atoms with E-state index < -0.39 is 0 Å². The molecule has 5 heteroatoms. The summed E-state index contributed by atoms with van der Waals surface area (Å²) in [6.45, 7) is 1.93. The maximum atomic E-state index is 6.20. The van der Waals surface area contributed by atoms with E-state index in [0.717, 1.165) is 30.7 Å². The molecule has 0 aromatic heterocycles. The van der Waals surface area contributed by atoms with E-state index in [1.54, 1.807) is 7.11 Å². The third kappa shape index (κ3) is 2.81. The van der Waals surface area contributed by atoms with Crippen LogP contribution in [0.1, 0.15) is 18.4 Å². The fourth-order valence-electron chi connectivity index (χ4n) is 2.45. The highest BCUT2D eigenvalue weighted by atomic mass is 35.5. The lowest BCUT2D eigenvalue weighted by molar-refractivity contribution is 0.0170. The number of rotatable bonds is 4. The topological polar surface area (TPSA) is 39.7 Å². The smallest absolute Gasteiger partial charge is 0.179 e. The van der Waals surface area contributed by atoms with Gasteiger partial charge in [0.1, 0.15) is 13.2 Å². The maximum absolute atomic E-state index is 6.20. The minimum atomic E-state index is 0.418. The van der Waals surface area contributed by atoms with Gasteiger partial charge in [-0.25, -0.2) is 0 Å². The van der Waals surface area contributed by atoms with Crippen LogP contribution in [0, 0.1) is 0 Å². The average Bonchev–Trinajstić information content (AvgIpc) is 2.37. The van der Waals surface area contributed by atoms with Gasteiger partial charge in [0.15, 0.2) is 11.5 Å². The number of ether oxygens (including phenoxy) is 3. The van der Waals surface area contributed by atoms with Gasteiger partial charge < -0.3 is 19.5 Å². The minimum absolute atomic E-state index is 0.418. The van der Waals surface area contributed by atoms with Gasteiger partial charge in [0.25, 0.3) is 0 Å². The first-order valence-electron chi connectivity index (χ1n) is 6.60. The molecule has 104 valence electrons. The van der Waals surface area contributed by atoms with Crippen LogP contribution in [0.2, 0.25) is 5.02 Å². The molecule has 0 radical (unpaired) electrons. The normalized spacial score (nSPS) is 24.9. The van der Waals surface area contributed by atoms with Crippen molar-refractivity contribution >= 4 is 11.6 Å². The molecule has 1 aromatic carbocycles. The second-order valence-corrected chi connectivity index (χ2v) is 5.42. The summed E-state index contributed by atoms with van der Waals surface area (Å²) in [5.41, 5.74) is 1.12. The molecular formula is C14H18ClNO3. The van der Waals surface area contributed by atoms with Crippen LogP contribution >= 0.6 is 11.6 Å². The molecule has 1 aliphatic heterocycles. The first-order chi connectivity index (χ1) is 9.26. The Labute approximate surface area is 118 Å². The molecule has 0 atom stereocenters. The van der Waals surface area contributed by atoms with Crippen LogP contribution in [0.3, 0.4) is 0 Å². The van der Waals surface area contributed by atoms with Crippen molar-refractivity contribution in [1.29, 1.82) is 0 Å². The van der Waals surface area contributed by atoms with E-state index in [1.807, 2.05) is 12.1 Å². The Balaban J connectivity index is 1.61. The Bertz CT molecular complexity index is 460. The van der Waals surface area contributed by atoms with E-state index >= 15 is 0 Å². The quantitative estimate of drug-likeness (QED) is 0.921. The lowest BCUT2D eigenvalue weighted by Gasteiger charge is -2.34. The van der Waals surface area contributed by atoms with Crippen molar-refractivity contribution in [1.82, 2.24) is 5.32 Å². The number of methoxy groups -OCH3 is 1. The van der Waals surface area contributed by atoms with Crippen molar-refractivity contribution < 1.29 is 14.2 Å². The Morgan fingerprint density at radius 2 is 2.11 bits per heavy atom. The van der Waals surface area contributed by atoms with E-state index in [4.69, 9.17) is 25.8 Å². The summed E-state index contributed by atoms with van der Waals surface area (Å²) in [4.78, 5) is 0. The molecule has 1 aliphatic carbocycles. The third-order valence-corrected chi connectivity index (χ3v) is 3.96. The van der Waals surface area contributed by atoms with Crippen molar-refractivity contribution in [3.05, 3.63) is 22.7 Å². The molecular weight excluding hydrogens is 266 g/mol. The predicted octanol–water partition coefficient (Wildman–Crippen LogP) is 2.38. The zero-order valence-electron chi connectivity index (χ0n) is 10.9. The second-order valence-electron chi connectivity index (χ2n) is 5.01. The Kier molecular flexibility index (Phi) is 3.82. The maximum Gasteiger partial charge on any atom is 0.179 e. The van der Waals surface area contributed by atoms with Gasteiger partial charge in [-0.3, -0.25) is 0 Å². The fraction of sp³-hybridized carbons (Fsp3) is 0.571. The highest BCUT2D eigenvalue weighted by molar-refractivity contribution is 6.32. The summed E-state index contributed by atoms with van der Waals surface area (Å²) in [5, 5.41) is 4.12. The standard InChI is InChI=1S/C14H18ClNO3/c1-17-11-6-10(7-11)16-8-9-4-12(15)14-13(5-9)18-2-3-19-14/h4-5,10-11,16H,2-3,6-8H2,1H3. The van der Waals surface area contributed by atoms with Crippen molar-refractivity contribution in [3.63, 3.8) is 0 Å². The molecule has 1 N–H and O–H groups in total. The Hall–Kier alpha value is -0.970. The number of halogens is 1. The van der Waals surface area contributed by atoms with Gasteiger partial charge in [-0.15, -0.1) is 0 Å². The van der Waals surface area contributed by atoms with Crippen molar-refractivity contribution in [2.24, 2.45) is 0 Å². The molecule has 4 nitrogen and oxygen atoms in total. The lowest BCUT2D eigenvalue weighted by Crippen LogP contribution is -2.44. The number of hydrogen-bond donors (Lipinski definition) is 1. The minimum Gasteiger partial charge on any atom is -0.486 e. The van der Waals surface area contributed by atoms with Crippen molar-refractivity contribution in [3.8, 4) is 11.5 Å². The fourth-order valence-corrected chi connectivity index (χ4v) is 2.74. The summed E-state index contributed by atoms with van der Waals surface area (Å²) in [6, 6.07) is 4.48. The summed E-state index contributed by atoms with van der Waals surface area (Å²) >= 11 is 6.20. The van der Waals surface area contributed by atoms with Crippen molar-refractivity contribution in [2.45, 2.75) is 31.5 Å². The molecule has 1 fully saturated rings. The Morgan fingerprint density at radius 3 is 2.89 bits per heavy atom. The molecule has 2 aliphatic rings. The van der Waals surface area contributed by atoms with Crippen LogP contribution in [0.25, 0.3) is 0 Å². The summed E-state index contributed by atoms with van der Waals surface area (Å²) in [7, 11) is 1.77. The first-order valence-corrected chi connectivity index (χ1v) is 6.98. The highest BCUT2D eigenvalue weighted by Gasteiger charge is 2.28. The van der Waals surface area contributed by atoms with Crippen LogP contribution in [0.4, 0.5) is 0 Å². The molecule has 19 heavy (non-hydrogen) atoms. The van der Waals surface area contributed by atoms with Crippen molar-refractivity contribution in [2.75, 3.05) is 20.3 Å². The zero-order chi connectivity index (χ0) is 13.2. The molecule has 0 saturated heterocycles. The molecule has 1 aromatic rings. The molecule has 1 heterocycles. The predicted molar refractivity (Wildman–Crippen MR) is 73.1 cm³/mol. The average molecular weight is 284 g/mol. The molecule has 0 spiro atoms. The van der Waals surface area contributed by atoms with E-state index in [1.165, 1.54) is 0 Å². The Morgan fingerprint density at radius 1 is 1.32 bits per heavy atom. The van der Waals surface area contributed by atoms with E-state index in [2.05, 4.69) is 5.32 Å². The number of nitrogens with one attached hydrogen (secondary N) is 1. The SMILES string of the molecule is COC1CC(NCc2cc(Cl)c3c(c2)OCCO3)C1. The summed E-state index contributed by atoms with van der Waals surface area (Å²) in [5.74, 6) is 1.42. The van der Waals surface area contributed by atoms with Gasteiger partial charge in [-0.1, -0.05) is 11.6 Å².